The van der Waals surface area contributed by atoms with Crippen molar-refractivity contribution in [3.8, 4) is 0 Å². The molecule has 21 nitrogen and oxygen atoms in total. The number of phosphoric acid groups is 2. The van der Waals surface area contributed by atoms with Crippen LogP contribution in [0, 0.1) is 34.5 Å². The van der Waals surface area contributed by atoms with E-state index in [4.69, 9.17) is 34.7 Å². The van der Waals surface area contributed by atoms with Gasteiger partial charge in [0.1, 0.15) is 12.6 Å². The first-order chi connectivity index (χ1) is 31.5. The number of ketones is 1. The number of rotatable bonds is 20. The number of allylic oxidation sites excluding steroid dienone is 2. The molecule has 1 aromatic rings. The van der Waals surface area contributed by atoms with E-state index in [0.29, 0.717) is 32.5 Å². The Kier molecular flexibility index (Phi) is 16.8. The van der Waals surface area contributed by atoms with Gasteiger partial charge in [0.25, 0.3) is 0 Å². The van der Waals surface area contributed by atoms with Crippen molar-refractivity contribution in [2.24, 2.45) is 46.0 Å². The molecule has 0 radical (unpaired) electrons. The van der Waals surface area contributed by atoms with Gasteiger partial charge in [0.15, 0.2) is 17.7 Å². The number of phosphoric ester groups is 2. The largest absolute Gasteiger partial charge is 0.481 e. The maximum absolute atomic E-state index is 14.6. The van der Waals surface area contributed by atoms with Crippen molar-refractivity contribution in [1.82, 2.24) is 10.6 Å². The van der Waals surface area contributed by atoms with E-state index in [1.165, 1.54) is 29.8 Å². The number of hydrogen-bond donors (Lipinski definition) is 9. The van der Waals surface area contributed by atoms with Gasteiger partial charge in [-0.3, -0.25) is 23.4 Å². The number of carbonyl (C=O) groups excluding carboxylic acids is 4. The zero-order chi connectivity index (χ0) is 49.1. The number of anilines is 1. The van der Waals surface area contributed by atoms with Crippen molar-refractivity contribution >= 4 is 45.0 Å². The molecule has 4 amide bonds. The lowest BCUT2D eigenvalue weighted by Crippen LogP contribution is -2.63. The Morgan fingerprint density at radius 1 is 1.03 bits per heavy atom. The van der Waals surface area contributed by atoms with Crippen molar-refractivity contribution in [2.75, 3.05) is 31.7 Å². The van der Waals surface area contributed by atoms with Crippen molar-refractivity contribution in [2.45, 2.75) is 128 Å². The molecule has 2 aliphatic heterocycles. The third-order valence-electron chi connectivity index (χ3n) is 14.3. The standard InChI is InChI=1S/C44H67N5O16P2/c1-6-8-35-63-34-21-30-29-14-11-27-16-20-60-19-7-17-42(27,4)36(29)32(51)22-43(30,5)44(34,64-35)33(52)24-62-67(58,59)65-66(56,57)61-23-26-9-12-28(13-10-26)48-40(54)38(31(50)15-18-47-41(46)55)49-39(53)37(45)25(2)3/h7,9-10,12-13,16-17,25,29-32,34-38,50-51H,6,8,11,14-15,18-24,45H2,1-5H3,(H,48,54)(H,49,53)(H,56,57)(H,58,59)(H3,46,47,55)/b17-7-,27-16-/t29-,30-,31+,32-,34+,35?,36+,37-,38-,42-,43-,44+/m0/s1. The van der Waals surface area contributed by atoms with Crippen LogP contribution in [0.3, 0.4) is 0 Å². The van der Waals surface area contributed by atoms with E-state index in [-0.39, 0.29) is 54.3 Å². The monoisotopic (exact) mass is 983 g/mol. The van der Waals surface area contributed by atoms with Gasteiger partial charge in [0.05, 0.1) is 44.2 Å². The van der Waals surface area contributed by atoms with Crippen molar-refractivity contribution in [3.05, 3.63) is 53.6 Å². The average Bonchev–Trinajstić information content (AvgIpc) is 3.73. The van der Waals surface area contributed by atoms with Crippen LogP contribution >= 0.6 is 15.6 Å². The van der Waals surface area contributed by atoms with Crippen LogP contribution in [-0.2, 0) is 57.7 Å². The Bertz CT molecular complexity index is 2140. The molecule has 0 aromatic heterocycles. The molecule has 3 saturated carbocycles. The molecule has 2 heterocycles. The van der Waals surface area contributed by atoms with E-state index in [2.05, 4.69) is 39.3 Å². The summed E-state index contributed by atoms with van der Waals surface area (Å²) >= 11 is 0. The number of primary amides is 1. The van der Waals surface area contributed by atoms with Gasteiger partial charge in [-0.25, -0.2) is 13.9 Å². The van der Waals surface area contributed by atoms with Crippen LogP contribution < -0.4 is 27.4 Å². The molecule has 11 N–H and O–H groups in total. The topological polar surface area (TPSA) is 327 Å². The Balaban J connectivity index is 1.08. The van der Waals surface area contributed by atoms with Gasteiger partial charge in [-0.1, -0.05) is 77.0 Å². The lowest BCUT2D eigenvalue weighted by Gasteiger charge is -2.59. The van der Waals surface area contributed by atoms with Crippen LogP contribution in [0.2, 0.25) is 0 Å². The van der Waals surface area contributed by atoms with Crippen molar-refractivity contribution in [3.63, 3.8) is 0 Å². The number of hydrogen-bond acceptors (Lipinski definition) is 15. The zero-order valence-electron chi connectivity index (χ0n) is 38.5. The number of fused-ring (bicyclic) bond motifs is 7. The Morgan fingerprint density at radius 3 is 2.40 bits per heavy atom. The van der Waals surface area contributed by atoms with Crippen LogP contribution in [0.5, 0.6) is 0 Å². The summed E-state index contributed by atoms with van der Waals surface area (Å²) in [5.74, 6) is -2.83. The molecule has 5 aliphatic rings. The lowest BCUT2D eigenvalue weighted by atomic mass is 9.46. The number of aliphatic hydroxyl groups excluding tert-OH is 2. The van der Waals surface area contributed by atoms with Gasteiger partial charge in [0.2, 0.25) is 11.8 Å². The summed E-state index contributed by atoms with van der Waals surface area (Å²) in [7, 11) is -10.8. The number of Topliss-reactive ketones (excluding diaryl/α,β-unsaturated/α-hetero) is 1. The smallest absolute Gasteiger partial charge is 0.393 e. The van der Waals surface area contributed by atoms with Crippen LogP contribution in [-0.4, -0.2) is 112 Å². The first-order valence-electron chi connectivity index (χ1n) is 22.8. The predicted octanol–water partition coefficient (Wildman–Crippen LogP) is 3.45. The van der Waals surface area contributed by atoms with E-state index >= 15 is 0 Å². The van der Waals surface area contributed by atoms with E-state index in [1.54, 1.807) is 13.8 Å². The van der Waals surface area contributed by atoms with E-state index < -0.39 is 106 Å². The summed E-state index contributed by atoms with van der Waals surface area (Å²) in [5, 5.41) is 30.1. The molecular weight excluding hydrogens is 916 g/mol. The average molecular weight is 984 g/mol. The first kappa shape index (κ1) is 53.0. The highest BCUT2D eigenvalue weighted by Gasteiger charge is 2.76. The fraction of sp³-hybridized carbons (Fsp3) is 0.682. The third-order valence-corrected chi connectivity index (χ3v) is 16.9. The number of nitrogens with one attached hydrogen (secondary N) is 3. The minimum absolute atomic E-state index is 0.0157. The van der Waals surface area contributed by atoms with Gasteiger partial charge < -0.3 is 61.6 Å². The predicted molar refractivity (Wildman–Crippen MR) is 241 cm³/mol. The van der Waals surface area contributed by atoms with Gasteiger partial charge >= 0.3 is 21.7 Å². The fourth-order valence-electron chi connectivity index (χ4n) is 11.1. The molecule has 3 unspecified atom stereocenters. The SMILES string of the molecule is CCCC1O[C@@H]2C[C@H]3[C@@H]4CC/C5=C/COC/C=C\[C@]5(C)[C@H]4[C@@H](O)C[C@]3(C)[C@]2(C(=O)COP(=O)(O)OP(=O)(O)OCc2ccc(NC(=O)[C@@H](NC(=O)[C@@H](N)C(C)C)[C@H](O)CCNC(N)=O)cc2)O1. The quantitative estimate of drug-likeness (QED) is 0.0667. The highest BCUT2D eigenvalue weighted by atomic mass is 31.3. The molecule has 67 heavy (non-hydrogen) atoms. The zero-order valence-corrected chi connectivity index (χ0v) is 40.3. The maximum atomic E-state index is 14.6. The van der Waals surface area contributed by atoms with E-state index in [0.717, 1.165) is 12.8 Å². The molecule has 23 heteroatoms. The lowest BCUT2D eigenvalue weighted by molar-refractivity contribution is -0.200. The molecule has 3 aliphatic carbocycles. The molecule has 0 spiro atoms. The van der Waals surface area contributed by atoms with Gasteiger partial charge in [-0.05, 0) is 74.0 Å². The summed E-state index contributed by atoms with van der Waals surface area (Å²) in [6, 6.07) is 2.21. The van der Waals surface area contributed by atoms with Crippen LogP contribution in [0.15, 0.2) is 48.1 Å². The molecule has 0 bridgehead atoms. The first-order valence-corrected chi connectivity index (χ1v) is 25.8. The normalized spacial score (nSPS) is 34.4. The minimum atomic E-state index is -5.46. The van der Waals surface area contributed by atoms with E-state index in [1.807, 2.05) is 19.9 Å². The Hall–Kier alpha value is -3.40. The van der Waals surface area contributed by atoms with Crippen molar-refractivity contribution < 1.29 is 75.9 Å². The number of ether oxygens (including phenoxy) is 3. The van der Waals surface area contributed by atoms with Gasteiger partial charge in [0, 0.05) is 29.0 Å². The van der Waals surface area contributed by atoms with Crippen LogP contribution in [0.1, 0.15) is 85.1 Å². The summed E-state index contributed by atoms with van der Waals surface area (Å²) in [4.78, 5) is 72.8. The number of carbonyl (C=O) groups is 4. The molecule has 4 fully saturated rings. The fourth-order valence-corrected chi connectivity index (χ4v) is 13.1. The van der Waals surface area contributed by atoms with Gasteiger partial charge in [-0.2, -0.15) is 4.31 Å². The summed E-state index contributed by atoms with van der Waals surface area (Å²) in [5.41, 5.74) is 9.55. The van der Waals surface area contributed by atoms with E-state index in [9.17, 15) is 48.3 Å². The highest BCUT2D eigenvalue weighted by molar-refractivity contribution is 7.61. The number of nitrogens with two attached hydrogens (primary N) is 2. The summed E-state index contributed by atoms with van der Waals surface area (Å²) < 4.78 is 59.6. The number of aliphatic hydroxyl groups is 2. The number of urea groups is 1. The number of benzene rings is 1. The molecule has 1 saturated heterocycles. The molecule has 6 rings (SSSR count). The maximum Gasteiger partial charge on any atom is 0.481 e. The second kappa shape index (κ2) is 21.3. The van der Waals surface area contributed by atoms with Crippen LogP contribution in [0.25, 0.3) is 0 Å². The molecule has 1 aromatic carbocycles. The second-order valence-corrected chi connectivity index (χ2v) is 22.0. The highest BCUT2D eigenvalue weighted by Crippen LogP contribution is 2.70. The molecule has 14 atom stereocenters. The minimum Gasteiger partial charge on any atom is -0.393 e. The second-order valence-electron chi connectivity index (χ2n) is 19.0. The number of amides is 4. The van der Waals surface area contributed by atoms with Gasteiger partial charge in [-0.15, -0.1) is 0 Å². The Labute approximate surface area is 390 Å². The molecule has 374 valence electrons. The third kappa shape index (κ3) is 11.5. The summed E-state index contributed by atoms with van der Waals surface area (Å²) in [6.07, 6.45) is 5.62. The molecular formula is C44H67N5O16P2. The van der Waals surface area contributed by atoms with Crippen LogP contribution in [0.4, 0.5) is 10.5 Å². The van der Waals surface area contributed by atoms with Crippen molar-refractivity contribution in [1.29, 1.82) is 0 Å². The summed E-state index contributed by atoms with van der Waals surface area (Å²) in [6.45, 7) is 8.58. The Morgan fingerprint density at radius 2 is 1.73 bits per heavy atom.